The van der Waals surface area contributed by atoms with E-state index in [0.29, 0.717) is 17.5 Å². The van der Waals surface area contributed by atoms with E-state index in [4.69, 9.17) is 15.0 Å². The van der Waals surface area contributed by atoms with Gasteiger partial charge in [0.1, 0.15) is 0 Å². The van der Waals surface area contributed by atoms with Crippen LogP contribution in [-0.4, -0.2) is 15.0 Å². The lowest BCUT2D eigenvalue weighted by Crippen LogP contribution is -2.01. The molecule has 0 aliphatic rings. The Labute approximate surface area is 301 Å². The Morgan fingerprint density at radius 3 is 1.58 bits per heavy atom. The molecule has 1 aromatic heterocycles. The first kappa shape index (κ1) is 29.9. The van der Waals surface area contributed by atoms with E-state index in [0.717, 1.165) is 33.2 Å². The van der Waals surface area contributed by atoms with Crippen molar-refractivity contribution >= 4 is 43.1 Å². The van der Waals surface area contributed by atoms with Gasteiger partial charge in [-0.05, 0) is 77.5 Å². The number of benzene rings is 9. The van der Waals surface area contributed by atoms with Gasteiger partial charge >= 0.3 is 0 Å². The third-order valence-electron chi connectivity index (χ3n) is 10.1. The van der Waals surface area contributed by atoms with E-state index in [2.05, 4.69) is 170 Å². The molecule has 0 atom stereocenters. The lowest BCUT2D eigenvalue weighted by Gasteiger charge is -2.14. The molecule has 0 aliphatic carbocycles. The van der Waals surface area contributed by atoms with Crippen LogP contribution in [0.5, 0.6) is 0 Å². The first-order chi connectivity index (χ1) is 25.8. The lowest BCUT2D eigenvalue weighted by atomic mass is 9.93. The number of rotatable bonds is 5. The summed E-state index contributed by atoms with van der Waals surface area (Å²) in [7, 11) is 0. The fourth-order valence-corrected chi connectivity index (χ4v) is 7.54. The van der Waals surface area contributed by atoms with Gasteiger partial charge in [-0.25, -0.2) is 15.0 Å². The summed E-state index contributed by atoms with van der Waals surface area (Å²) in [6.07, 6.45) is 0. The second-order valence-electron chi connectivity index (χ2n) is 13.2. The number of fused-ring (bicyclic) bond motifs is 6. The number of aromatic nitrogens is 3. The van der Waals surface area contributed by atoms with E-state index in [-0.39, 0.29) is 0 Å². The quantitative estimate of drug-likeness (QED) is 0.172. The fourth-order valence-electron chi connectivity index (χ4n) is 7.54. The Hall–Kier alpha value is -6.97. The van der Waals surface area contributed by atoms with Crippen LogP contribution >= 0.6 is 0 Å². The largest absolute Gasteiger partial charge is 0.208 e. The molecule has 0 amide bonds. The van der Waals surface area contributed by atoms with Crippen LogP contribution in [0.15, 0.2) is 188 Å². The second kappa shape index (κ2) is 12.4. The first-order valence-corrected chi connectivity index (χ1v) is 17.6. The summed E-state index contributed by atoms with van der Waals surface area (Å²) in [4.78, 5) is 15.5. The van der Waals surface area contributed by atoms with Gasteiger partial charge in [-0.15, -0.1) is 0 Å². The van der Waals surface area contributed by atoms with E-state index in [1.54, 1.807) is 0 Å². The van der Waals surface area contributed by atoms with Crippen LogP contribution in [0.1, 0.15) is 0 Å². The monoisotopic (exact) mass is 661 g/mol. The van der Waals surface area contributed by atoms with E-state index < -0.39 is 0 Å². The van der Waals surface area contributed by atoms with Gasteiger partial charge in [-0.2, -0.15) is 0 Å². The van der Waals surface area contributed by atoms with Gasteiger partial charge in [-0.3, -0.25) is 0 Å². The van der Waals surface area contributed by atoms with E-state index >= 15 is 0 Å². The molecule has 0 unspecified atom stereocenters. The Kier molecular flexibility index (Phi) is 7.14. The summed E-state index contributed by atoms with van der Waals surface area (Å²) in [5.41, 5.74) is 7.54. The Morgan fingerprint density at radius 2 is 0.769 bits per heavy atom. The molecule has 0 aliphatic heterocycles. The number of hydrogen-bond donors (Lipinski definition) is 0. The average Bonchev–Trinajstić information content (AvgIpc) is 3.23. The van der Waals surface area contributed by atoms with Crippen molar-refractivity contribution in [2.75, 3.05) is 0 Å². The highest BCUT2D eigenvalue weighted by Crippen LogP contribution is 2.38. The maximum absolute atomic E-state index is 5.23. The highest BCUT2D eigenvalue weighted by molar-refractivity contribution is 6.20. The second-order valence-corrected chi connectivity index (χ2v) is 13.2. The molecule has 9 aromatic carbocycles. The maximum Gasteiger partial charge on any atom is 0.164 e. The van der Waals surface area contributed by atoms with Crippen molar-refractivity contribution in [3.63, 3.8) is 0 Å². The molecule has 1 heterocycles. The standard InChI is InChI=1S/C49H31N3/c1-2-14-36(15-3-1)47-50-48(38-18-10-17-37(30-38)32-24-26-35(27-25-32)40-23-11-16-33-12-4-6-19-39(33)40)52-49(51-47)46-31-45-41-20-7-5-13-34(41)28-29-44(45)42-21-8-9-22-43(42)46/h1-31H. The van der Waals surface area contributed by atoms with Gasteiger partial charge in [0, 0.05) is 16.7 Å². The zero-order valence-corrected chi connectivity index (χ0v) is 28.2. The molecule has 0 bridgehead atoms. The molecule has 0 fully saturated rings. The molecule has 0 radical (unpaired) electrons. The molecule has 10 aromatic rings. The molecular formula is C49H31N3. The van der Waals surface area contributed by atoms with E-state index in [9.17, 15) is 0 Å². The van der Waals surface area contributed by atoms with Crippen LogP contribution in [0.3, 0.4) is 0 Å². The molecule has 3 heteroatoms. The van der Waals surface area contributed by atoms with Gasteiger partial charge < -0.3 is 0 Å². The summed E-state index contributed by atoms with van der Waals surface area (Å²) >= 11 is 0. The van der Waals surface area contributed by atoms with E-state index in [1.165, 1.54) is 48.8 Å². The molecule has 0 saturated carbocycles. The summed E-state index contributed by atoms with van der Waals surface area (Å²) in [5, 5.41) is 9.61. The van der Waals surface area contributed by atoms with Crippen molar-refractivity contribution in [3.05, 3.63) is 188 Å². The maximum atomic E-state index is 5.23. The predicted molar refractivity (Wildman–Crippen MR) is 217 cm³/mol. The summed E-state index contributed by atoms with van der Waals surface area (Å²) in [6.45, 7) is 0. The Bertz CT molecular complexity index is 2940. The van der Waals surface area contributed by atoms with Crippen LogP contribution < -0.4 is 0 Å². The third kappa shape index (κ3) is 5.19. The lowest BCUT2D eigenvalue weighted by molar-refractivity contribution is 1.08. The van der Waals surface area contributed by atoms with Crippen LogP contribution in [0.25, 0.3) is 99.5 Å². The van der Waals surface area contributed by atoms with Crippen molar-refractivity contribution in [1.82, 2.24) is 15.0 Å². The third-order valence-corrected chi connectivity index (χ3v) is 10.1. The van der Waals surface area contributed by atoms with Crippen molar-refractivity contribution in [3.8, 4) is 56.4 Å². The zero-order chi connectivity index (χ0) is 34.4. The normalized spacial score (nSPS) is 11.5. The highest BCUT2D eigenvalue weighted by Gasteiger charge is 2.17. The number of hydrogen-bond acceptors (Lipinski definition) is 3. The van der Waals surface area contributed by atoms with Crippen molar-refractivity contribution in [2.45, 2.75) is 0 Å². The van der Waals surface area contributed by atoms with Gasteiger partial charge in [0.05, 0.1) is 0 Å². The minimum atomic E-state index is 0.639. The summed E-state index contributed by atoms with van der Waals surface area (Å²) < 4.78 is 0. The molecular weight excluding hydrogens is 631 g/mol. The molecule has 52 heavy (non-hydrogen) atoms. The predicted octanol–water partition coefficient (Wildman–Crippen LogP) is 12.8. The highest BCUT2D eigenvalue weighted by atomic mass is 15.0. The molecule has 3 nitrogen and oxygen atoms in total. The molecule has 10 rings (SSSR count). The number of nitrogens with zero attached hydrogens (tertiary/aromatic N) is 3. The Morgan fingerprint density at radius 1 is 0.231 bits per heavy atom. The zero-order valence-electron chi connectivity index (χ0n) is 28.2. The van der Waals surface area contributed by atoms with Crippen LogP contribution in [-0.2, 0) is 0 Å². The Balaban J connectivity index is 1.12. The van der Waals surface area contributed by atoms with Gasteiger partial charge in [0.15, 0.2) is 17.5 Å². The SMILES string of the molecule is c1ccc(-c2nc(-c3cccc(-c4ccc(-c5cccc6ccccc56)cc4)c3)nc(-c3cc4c5ccccc5ccc4c4ccccc34)n2)cc1. The molecule has 242 valence electrons. The first-order valence-electron chi connectivity index (χ1n) is 17.6. The average molecular weight is 662 g/mol. The van der Waals surface area contributed by atoms with Gasteiger partial charge in [-0.1, -0.05) is 176 Å². The molecule has 0 N–H and O–H groups in total. The summed E-state index contributed by atoms with van der Waals surface area (Å²) in [6, 6.07) is 66.4. The fraction of sp³-hybridized carbons (Fsp3) is 0. The van der Waals surface area contributed by atoms with E-state index in [1.807, 2.05) is 18.2 Å². The van der Waals surface area contributed by atoms with Crippen LogP contribution in [0.2, 0.25) is 0 Å². The van der Waals surface area contributed by atoms with Crippen molar-refractivity contribution < 1.29 is 0 Å². The molecule has 0 saturated heterocycles. The van der Waals surface area contributed by atoms with Crippen molar-refractivity contribution in [1.29, 1.82) is 0 Å². The van der Waals surface area contributed by atoms with Crippen LogP contribution in [0, 0.1) is 0 Å². The smallest absolute Gasteiger partial charge is 0.164 e. The molecule has 0 spiro atoms. The topological polar surface area (TPSA) is 38.7 Å². The minimum Gasteiger partial charge on any atom is -0.208 e. The van der Waals surface area contributed by atoms with Crippen LogP contribution in [0.4, 0.5) is 0 Å². The van der Waals surface area contributed by atoms with Crippen molar-refractivity contribution in [2.24, 2.45) is 0 Å². The van der Waals surface area contributed by atoms with Gasteiger partial charge in [0.2, 0.25) is 0 Å². The minimum absolute atomic E-state index is 0.639. The van der Waals surface area contributed by atoms with Gasteiger partial charge in [0.25, 0.3) is 0 Å². The summed E-state index contributed by atoms with van der Waals surface area (Å²) in [5.74, 6) is 1.94.